The van der Waals surface area contributed by atoms with Gasteiger partial charge >= 0.3 is 0 Å². The van der Waals surface area contributed by atoms with E-state index in [0.717, 1.165) is 37.0 Å². The topological polar surface area (TPSA) is 66.9 Å². The maximum atomic E-state index is 12.7. The Morgan fingerprint density at radius 2 is 1.80 bits per heavy atom. The van der Waals surface area contributed by atoms with Crippen LogP contribution in [0.4, 0.5) is 0 Å². The smallest absolute Gasteiger partial charge is 0.227 e. The highest BCUT2D eigenvalue weighted by Crippen LogP contribution is 2.38. The van der Waals surface area contributed by atoms with E-state index in [1.807, 2.05) is 29.2 Å². The number of carbonyl (C=O) groups is 1. The predicted molar refractivity (Wildman–Crippen MR) is 96.0 cm³/mol. The van der Waals surface area contributed by atoms with Gasteiger partial charge in [-0.3, -0.25) is 4.79 Å². The minimum Gasteiger partial charge on any atom is -0.497 e. The predicted octanol–water partition coefficient (Wildman–Crippen LogP) is 1.65. The summed E-state index contributed by atoms with van der Waals surface area (Å²) in [5, 5.41) is 0. The number of nitrogens with zero attached hydrogens (tertiary/aromatic N) is 2. The molecule has 25 heavy (non-hydrogen) atoms. The molecular formula is C18H26N2O4S. The first kappa shape index (κ1) is 18.2. The van der Waals surface area contributed by atoms with Gasteiger partial charge in [0, 0.05) is 19.6 Å². The SMILES string of the molecule is COc1ccc(CC(=O)N2CCCC3(CCCN3S(C)(=O)=O)C2)cc1. The number of sulfonamides is 1. The Labute approximate surface area is 149 Å². The summed E-state index contributed by atoms with van der Waals surface area (Å²) in [6.07, 6.45) is 5.00. The lowest BCUT2D eigenvalue weighted by Crippen LogP contribution is -2.58. The molecule has 138 valence electrons. The normalized spacial score (nSPS) is 24.6. The van der Waals surface area contributed by atoms with E-state index in [1.54, 1.807) is 11.4 Å². The third-order valence-corrected chi connectivity index (χ3v) is 6.73. The molecule has 0 saturated carbocycles. The highest BCUT2D eigenvalue weighted by atomic mass is 32.2. The molecule has 0 N–H and O–H groups in total. The summed E-state index contributed by atoms with van der Waals surface area (Å²) >= 11 is 0. The standard InChI is InChI=1S/C18H26N2O4S/c1-24-16-7-5-15(6-8-16)13-17(21)19-11-3-9-18(14-19)10-4-12-20(18)25(2,22)23/h5-8H,3-4,9-14H2,1-2H3. The molecule has 1 spiro atoms. The summed E-state index contributed by atoms with van der Waals surface area (Å²) in [7, 11) is -1.63. The quantitative estimate of drug-likeness (QED) is 0.813. The molecule has 3 rings (SSSR count). The van der Waals surface area contributed by atoms with Crippen molar-refractivity contribution in [1.29, 1.82) is 0 Å². The highest BCUT2D eigenvalue weighted by Gasteiger charge is 2.48. The number of hydrogen-bond donors (Lipinski definition) is 0. The Balaban J connectivity index is 1.71. The van der Waals surface area contributed by atoms with Crippen LogP contribution in [-0.2, 0) is 21.2 Å². The van der Waals surface area contributed by atoms with Crippen LogP contribution in [0, 0.1) is 0 Å². The second kappa shape index (κ2) is 6.96. The van der Waals surface area contributed by atoms with Gasteiger partial charge < -0.3 is 9.64 Å². The molecule has 6 nitrogen and oxygen atoms in total. The Hall–Kier alpha value is -1.60. The van der Waals surface area contributed by atoms with Crippen molar-refractivity contribution in [1.82, 2.24) is 9.21 Å². The van der Waals surface area contributed by atoms with Crippen LogP contribution in [0.25, 0.3) is 0 Å². The molecule has 2 fully saturated rings. The number of rotatable bonds is 4. The lowest BCUT2D eigenvalue weighted by atomic mass is 9.87. The number of benzene rings is 1. The van der Waals surface area contributed by atoms with Crippen molar-refractivity contribution >= 4 is 15.9 Å². The Bertz CT molecular complexity index is 732. The van der Waals surface area contributed by atoms with E-state index in [4.69, 9.17) is 4.74 Å². The molecule has 2 aliphatic heterocycles. The number of methoxy groups -OCH3 is 1. The molecular weight excluding hydrogens is 340 g/mol. The average Bonchev–Trinajstić information content (AvgIpc) is 2.98. The molecule has 1 aromatic rings. The number of likely N-dealkylation sites (tertiary alicyclic amines) is 1. The van der Waals surface area contributed by atoms with Crippen molar-refractivity contribution in [2.24, 2.45) is 0 Å². The number of ether oxygens (including phenoxy) is 1. The van der Waals surface area contributed by atoms with Gasteiger partial charge in [0.1, 0.15) is 5.75 Å². The Morgan fingerprint density at radius 1 is 1.16 bits per heavy atom. The number of hydrogen-bond acceptors (Lipinski definition) is 4. The zero-order valence-electron chi connectivity index (χ0n) is 14.9. The molecule has 2 saturated heterocycles. The number of carbonyl (C=O) groups excluding carboxylic acids is 1. The number of amides is 1. The van der Waals surface area contributed by atoms with Gasteiger partial charge in [0.2, 0.25) is 15.9 Å². The van der Waals surface area contributed by atoms with Crippen molar-refractivity contribution in [3.63, 3.8) is 0 Å². The summed E-state index contributed by atoms with van der Waals surface area (Å²) in [5.74, 6) is 0.826. The molecule has 1 unspecified atom stereocenters. The average molecular weight is 366 g/mol. The third-order valence-electron chi connectivity index (χ3n) is 5.36. The Kier molecular flexibility index (Phi) is 5.06. The van der Waals surface area contributed by atoms with Gasteiger partial charge in [-0.25, -0.2) is 8.42 Å². The van der Waals surface area contributed by atoms with Crippen LogP contribution in [0.5, 0.6) is 5.75 Å². The largest absolute Gasteiger partial charge is 0.497 e. The molecule has 2 aliphatic rings. The molecule has 0 bridgehead atoms. The van der Waals surface area contributed by atoms with Crippen molar-refractivity contribution in [2.45, 2.75) is 37.6 Å². The van der Waals surface area contributed by atoms with Gasteiger partial charge in [0.25, 0.3) is 0 Å². The van der Waals surface area contributed by atoms with Crippen LogP contribution in [0.2, 0.25) is 0 Å². The van der Waals surface area contributed by atoms with Gasteiger partial charge in [-0.1, -0.05) is 12.1 Å². The molecule has 0 aliphatic carbocycles. The zero-order chi connectivity index (χ0) is 18.1. The van der Waals surface area contributed by atoms with E-state index in [2.05, 4.69) is 0 Å². The molecule has 0 aromatic heterocycles. The van der Waals surface area contributed by atoms with E-state index in [0.29, 0.717) is 26.1 Å². The zero-order valence-corrected chi connectivity index (χ0v) is 15.7. The van der Waals surface area contributed by atoms with Crippen LogP contribution < -0.4 is 4.74 Å². The first-order valence-corrected chi connectivity index (χ1v) is 10.6. The van der Waals surface area contributed by atoms with Crippen molar-refractivity contribution in [3.8, 4) is 5.75 Å². The maximum Gasteiger partial charge on any atom is 0.227 e. The minimum absolute atomic E-state index is 0.0598. The highest BCUT2D eigenvalue weighted by molar-refractivity contribution is 7.88. The fraction of sp³-hybridized carbons (Fsp3) is 0.611. The number of piperidine rings is 1. The monoisotopic (exact) mass is 366 g/mol. The minimum atomic E-state index is -3.24. The van der Waals surface area contributed by atoms with E-state index in [1.165, 1.54) is 6.26 Å². The van der Waals surface area contributed by atoms with Gasteiger partial charge in [-0.2, -0.15) is 4.31 Å². The summed E-state index contributed by atoms with van der Waals surface area (Å²) in [5.41, 5.74) is 0.540. The molecule has 7 heteroatoms. The first-order valence-electron chi connectivity index (χ1n) is 8.73. The van der Waals surface area contributed by atoms with Crippen molar-refractivity contribution in [2.75, 3.05) is 33.0 Å². The molecule has 1 atom stereocenters. The fourth-order valence-corrected chi connectivity index (χ4v) is 5.60. The van der Waals surface area contributed by atoms with E-state index < -0.39 is 15.6 Å². The lowest BCUT2D eigenvalue weighted by molar-refractivity contribution is -0.133. The van der Waals surface area contributed by atoms with E-state index >= 15 is 0 Å². The molecule has 2 heterocycles. The second-order valence-electron chi connectivity index (χ2n) is 7.11. The Morgan fingerprint density at radius 3 is 2.40 bits per heavy atom. The van der Waals surface area contributed by atoms with Gasteiger partial charge in [0.15, 0.2) is 0 Å². The summed E-state index contributed by atoms with van der Waals surface area (Å²) in [6.45, 7) is 1.78. The van der Waals surface area contributed by atoms with Crippen LogP contribution in [0.15, 0.2) is 24.3 Å². The maximum absolute atomic E-state index is 12.7. The first-order chi connectivity index (χ1) is 11.8. The summed E-state index contributed by atoms with van der Waals surface area (Å²) in [4.78, 5) is 14.6. The molecule has 1 amide bonds. The van der Waals surface area contributed by atoms with Crippen molar-refractivity contribution in [3.05, 3.63) is 29.8 Å². The second-order valence-corrected chi connectivity index (χ2v) is 9.01. The van der Waals surface area contributed by atoms with Gasteiger partial charge in [-0.15, -0.1) is 0 Å². The van der Waals surface area contributed by atoms with E-state index in [9.17, 15) is 13.2 Å². The van der Waals surface area contributed by atoms with E-state index in [-0.39, 0.29) is 5.91 Å². The summed E-state index contributed by atoms with van der Waals surface area (Å²) < 4.78 is 31.1. The lowest BCUT2D eigenvalue weighted by Gasteiger charge is -2.44. The molecule has 1 aromatic carbocycles. The third kappa shape index (κ3) is 3.82. The molecule has 0 radical (unpaired) electrons. The van der Waals surface area contributed by atoms with Gasteiger partial charge in [-0.05, 0) is 43.4 Å². The summed E-state index contributed by atoms with van der Waals surface area (Å²) in [6, 6.07) is 7.50. The van der Waals surface area contributed by atoms with Crippen LogP contribution in [-0.4, -0.2) is 62.1 Å². The van der Waals surface area contributed by atoms with Gasteiger partial charge in [0.05, 0.1) is 25.3 Å². The fourth-order valence-electron chi connectivity index (χ4n) is 4.19. The van der Waals surface area contributed by atoms with Crippen LogP contribution in [0.3, 0.4) is 0 Å². The van der Waals surface area contributed by atoms with Crippen LogP contribution in [0.1, 0.15) is 31.2 Å². The van der Waals surface area contributed by atoms with Crippen molar-refractivity contribution < 1.29 is 17.9 Å². The van der Waals surface area contributed by atoms with Crippen LogP contribution >= 0.6 is 0 Å².